The number of hydrogen-bond acceptors (Lipinski definition) is 3. The Kier molecular flexibility index (Phi) is 5.07. The van der Waals surface area contributed by atoms with E-state index in [4.69, 9.17) is 10.9 Å². The Morgan fingerprint density at radius 2 is 1.80 bits per heavy atom. The van der Waals surface area contributed by atoms with Gasteiger partial charge < -0.3 is 10.9 Å². The Bertz CT molecular complexity index is 594. The predicted molar refractivity (Wildman–Crippen MR) is 85.1 cm³/mol. The van der Waals surface area contributed by atoms with Gasteiger partial charge in [0.15, 0.2) is 5.84 Å². The minimum absolute atomic E-state index is 0.143. The van der Waals surface area contributed by atoms with Crippen molar-refractivity contribution in [1.29, 1.82) is 0 Å². The van der Waals surface area contributed by atoms with Gasteiger partial charge in [-0.3, -0.25) is 0 Å². The molecule has 0 saturated heterocycles. The van der Waals surface area contributed by atoms with E-state index in [-0.39, 0.29) is 5.84 Å². The molecule has 0 bridgehead atoms. The van der Waals surface area contributed by atoms with E-state index in [1.807, 2.05) is 36.0 Å². The SMILES string of the molecule is Cc1cccc(CSCc2ccc(C(N)=NO)cc2)c1. The number of nitrogens with zero attached hydrogens (tertiary/aromatic N) is 1. The van der Waals surface area contributed by atoms with Gasteiger partial charge in [0.1, 0.15) is 0 Å². The zero-order chi connectivity index (χ0) is 14.4. The van der Waals surface area contributed by atoms with Crippen LogP contribution in [0, 0.1) is 6.92 Å². The van der Waals surface area contributed by atoms with Gasteiger partial charge in [-0.2, -0.15) is 11.8 Å². The molecule has 0 amide bonds. The molecule has 0 aromatic heterocycles. The van der Waals surface area contributed by atoms with Crippen molar-refractivity contribution in [3.05, 3.63) is 70.8 Å². The van der Waals surface area contributed by atoms with E-state index in [1.165, 1.54) is 16.7 Å². The van der Waals surface area contributed by atoms with E-state index >= 15 is 0 Å². The smallest absolute Gasteiger partial charge is 0.170 e. The highest BCUT2D eigenvalue weighted by Crippen LogP contribution is 2.18. The third-order valence-electron chi connectivity index (χ3n) is 2.98. The van der Waals surface area contributed by atoms with Crippen LogP contribution in [0.1, 0.15) is 22.3 Å². The fourth-order valence-electron chi connectivity index (χ4n) is 1.92. The molecule has 2 rings (SSSR count). The van der Waals surface area contributed by atoms with Crippen LogP contribution in [0.15, 0.2) is 53.7 Å². The Labute approximate surface area is 123 Å². The van der Waals surface area contributed by atoms with Crippen molar-refractivity contribution in [3.8, 4) is 0 Å². The zero-order valence-corrected chi connectivity index (χ0v) is 12.2. The number of aryl methyl sites for hydroxylation is 1. The van der Waals surface area contributed by atoms with E-state index in [9.17, 15) is 0 Å². The van der Waals surface area contributed by atoms with Crippen LogP contribution in [0.25, 0.3) is 0 Å². The van der Waals surface area contributed by atoms with Crippen molar-refractivity contribution in [2.24, 2.45) is 10.9 Å². The summed E-state index contributed by atoms with van der Waals surface area (Å²) in [5, 5.41) is 11.6. The second-order valence-electron chi connectivity index (χ2n) is 4.66. The third-order valence-corrected chi connectivity index (χ3v) is 4.05. The molecule has 20 heavy (non-hydrogen) atoms. The van der Waals surface area contributed by atoms with Gasteiger partial charge in [-0.05, 0) is 18.1 Å². The Morgan fingerprint density at radius 3 is 2.45 bits per heavy atom. The molecule has 2 aromatic carbocycles. The number of oxime groups is 1. The van der Waals surface area contributed by atoms with E-state index in [1.54, 1.807) is 0 Å². The highest BCUT2D eigenvalue weighted by atomic mass is 32.2. The van der Waals surface area contributed by atoms with E-state index < -0.39 is 0 Å². The lowest BCUT2D eigenvalue weighted by atomic mass is 10.1. The van der Waals surface area contributed by atoms with Crippen molar-refractivity contribution in [1.82, 2.24) is 0 Å². The summed E-state index contributed by atoms with van der Waals surface area (Å²) < 4.78 is 0. The summed E-state index contributed by atoms with van der Waals surface area (Å²) in [4.78, 5) is 0. The van der Waals surface area contributed by atoms with Gasteiger partial charge >= 0.3 is 0 Å². The largest absolute Gasteiger partial charge is 0.409 e. The molecule has 4 heteroatoms. The van der Waals surface area contributed by atoms with Gasteiger partial charge in [-0.1, -0.05) is 59.3 Å². The Morgan fingerprint density at radius 1 is 1.10 bits per heavy atom. The zero-order valence-electron chi connectivity index (χ0n) is 11.4. The van der Waals surface area contributed by atoms with Crippen LogP contribution >= 0.6 is 11.8 Å². The number of thioether (sulfide) groups is 1. The van der Waals surface area contributed by atoms with Gasteiger partial charge in [0, 0.05) is 17.1 Å². The summed E-state index contributed by atoms with van der Waals surface area (Å²) in [5.41, 5.74) is 10.1. The van der Waals surface area contributed by atoms with Crippen molar-refractivity contribution in [2.75, 3.05) is 0 Å². The minimum Gasteiger partial charge on any atom is -0.409 e. The van der Waals surface area contributed by atoms with Crippen molar-refractivity contribution in [3.63, 3.8) is 0 Å². The molecule has 0 atom stereocenters. The van der Waals surface area contributed by atoms with Crippen LogP contribution < -0.4 is 5.73 Å². The monoisotopic (exact) mass is 286 g/mol. The van der Waals surface area contributed by atoms with Crippen molar-refractivity contribution >= 4 is 17.6 Å². The van der Waals surface area contributed by atoms with Crippen LogP contribution in [-0.2, 0) is 11.5 Å². The molecule has 0 aliphatic carbocycles. The molecule has 3 N–H and O–H groups in total. The van der Waals surface area contributed by atoms with Crippen LogP contribution in [0.2, 0.25) is 0 Å². The van der Waals surface area contributed by atoms with Crippen LogP contribution in [0.3, 0.4) is 0 Å². The summed E-state index contributed by atoms with van der Waals surface area (Å²) in [6.45, 7) is 2.11. The fourth-order valence-corrected chi connectivity index (χ4v) is 2.86. The lowest BCUT2D eigenvalue weighted by Gasteiger charge is -2.05. The van der Waals surface area contributed by atoms with Gasteiger partial charge in [-0.15, -0.1) is 0 Å². The molecule has 0 radical (unpaired) electrons. The van der Waals surface area contributed by atoms with Gasteiger partial charge in [0.05, 0.1) is 0 Å². The quantitative estimate of drug-likeness (QED) is 0.382. The van der Waals surface area contributed by atoms with Crippen LogP contribution in [-0.4, -0.2) is 11.0 Å². The second kappa shape index (κ2) is 7.01. The first-order valence-electron chi connectivity index (χ1n) is 6.39. The maximum atomic E-state index is 8.61. The Balaban J connectivity index is 1.88. The lowest BCUT2D eigenvalue weighted by molar-refractivity contribution is 0.318. The van der Waals surface area contributed by atoms with Crippen molar-refractivity contribution in [2.45, 2.75) is 18.4 Å². The van der Waals surface area contributed by atoms with E-state index in [0.717, 1.165) is 17.1 Å². The molecule has 0 unspecified atom stereocenters. The van der Waals surface area contributed by atoms with Gasteiger partial charge in [-0.25, -0.2) is 0 Å². The van der Waals surface area contributed by atoms with Gasteiger partial charge in [0.2, 0.25) is 0 Å². The molecule has 0 saturated carbocycles. The summed E-state index contributed by atoms with van der Waals surface area (Å²) in [7, 11) is 0. The summed E-state index contributed by atoms with van der Waals surface area (Å²) >= 11 is 1.88. The van der Waals surface area contributed by atoms with Gasteiger partial charge in [0.25, 0.3) is 0 Å². The maximum absolute atomic E-state index is 8.61. The molecular weight excluding hydrogens is 268 g/mol. The molecular formula is C16H18N2OS. The highest BCUT2D eigenvalue weighted by molar-refractivity contribution is 7.97. The fraction of sp³-hybridized carbons (Fsp3) is 0.188. The third kappa shape index (κ3) is 4.03. The molecule has 104 valence electrons. The van der Waals surface area contributed by atoms with Crippen LogP contribution in [0.4, 0.5) is 0 Å². The molecule has 0 heterocycles. The number of nitrogens with two attached hydrogens (primary N) is 1. The van der Waals surface area contributed by atoms with E-state index in [2.05, 4.69) is 36.3 Å². The highest BCUT2D eigenvalue weighted by Gasteiger charge is 2.00. The maximum Gasteiger partial charge on any atom is 0.170 e. The topological polar surface area (TPSA) is 58.6 Å². The standard InChI is InChI=1S/C16H18N2OS/c1-12-3-2-4-14(9-12)11-20-10-13-5-7-15(8-6-13)16(17)18-19/h2-9,19H,10-11H2,1H3,(H2,17,18). The summed E-state index contributed by atoms with van der Waals surface area (Å²) in [6.07, 6.45) is 0. The second-order valence-corrected chi connectivity index (χ2v) is 5.65. The van der Waals surface area contributed by atoms with Crippen molar-refractivity contribution < 1.29 is 5.21 Å². The summed E-state index contributed by atoms with van der Waals surface area (Å²) in [5.74, 6) is 2.10. The number of rotatable bonds is 5. The number of amidine groups is 1. The average Bonchev–Trinajstić information content (AvgIpc) is 2.47. The molecule has 0 spiro atoms. The number of benzene rings is 2. The molecule has 2 aromatic rings. The average molecular weight is 286 g/mol. The summed E-state index contributed by atoms with van der Waals surface area (Å²) in [6, 6.07) is 16.3. The molecule has 0 aliphatic heterocycles. The first-order valence-corrected chi connectivity index (χ1v) is 7.54. The Hall–Kier alpha value is -1.94. The lowest BCUT2D eigenvalue weighted by Crippen LogP contribution is -2.12. The first kappa shape index (κ1) is 14.5. The molecule has 3 nitrogen and oxygen atoms in total. The number of hydrogen-bond donors (Lipinski definition) is 2. The van der Waals surface area contributed by atoms with Crippen LogP contribution in [0.5, 0.6) is 0 Å². The predicted octanol–water partition coefficient (Wildman–Crippen LogP) is 3.52. The van der Waals surface area contributed by atoms with E-state index in [0.29, 0.717) is 0 Å². The normalized spacial score (nSPS) is 11.6. The minimum atomic E-state index is 0.143. The molecule has 0 aliphatic rings. The molecule has 0 fully saturated rings. The first-order chi connectivity index (χ1) is 9.69.